The number of rotatable bonds is 6. The summed E-state index contributed by atoms with van der Waals surface area (Å²) in [5.41, 5.74) is 1.31. The Morgan fingerprint density at radius 3 is 2.57 bits per heavy atom. The molecule has 0 spiro atoms. The van der Waals surface area contributed by atoms with Gasteiger partial charge >= 0.3 is 5.97 Å². The van der Waals surface area contributed by atoms with E-state index in [0.717, 1.165) is 44.3 Å². The number of nitrogens with zero attached hydrogens (tertiary/aromatic N) is 2. The van der Waals surface area contributed by atoms with Crippen molar-refractivity contribution in [1.82, 2.24) is 15.1 Å². The molecule has 0 unspecified atom stereocenters. The van der Waals surface area contributed by atoms with Gasteiger partial charge in [0.15, 0.2) is 5.11 Å². The van der Waals surface area contributed by atoms with Crippen molar-refractivity contribution in [2.45, 2.75) is 13.3 Å². The van der Waals surface area contributed by atoms with Gasteiger partial charge in [0.1, 0.15) is 0 Å². The summed E-state index contributed by atoms with van der Waals surface area (Å²) in [5, 5.41) is 4.13. The monoisotopic (exact) mass is 335 g/mol. The summed E-state index contributed by atoms with van der Waals surface area (Å²) in [5.74, 6) is -0.149. The lowest BCUT2D eigenvalue weighted by atomic mass is 10.1. The highest BCUT2D eigenvalue weighted by atomic mass is 32.1. The molecule has 0 aromatic heterocycles. The third-order valence-corrected chi connectivity index (χ3v) is 4.25. The van der Waals surface area contributed by atoms with E-state index in [0.29, 0.717) is 13.2 Å². The molecule has 0 radical (unpaired) electrons. The Morgan fingerprint density at radius 2 is 1.91 bits per heavy atom. The highest BCUT2D eigenvalue weighted by molar-refractivity contribution is 7.80. The maximum Gasteiger partial charge on any atom is 0.320 e. The van der Waals surface area contributed by atoms with E-state index in [1.807, 2.05) is 13.0 Å². The van der Waals surface area contributed by atoms with Crippen LogP contribution < -0.4 is 5.32 Å². The van der Waals surface area contributed by atoms with E-state index in [1.165, 1.54) is 5.56 Å². The van der Waals surface area contributed by atoms with Gasteiger partial charge in [-0.05, 0) is 31.1 Å². The van der Waals surface area contributed by atoms with E-state index in [-0.39, 0.29) is 5.97 Å². The predicted octanol–water partition coefficient (Wildman–Crippen LogP) is 1.28. The van der Waals surface area contributed by atoms with Crippen LogP contribution in [0.1, 0.15) is 12.5 Å². The number of piperazine rings is 1. The normalized spacial score (nSPS) is 15.3. The second-order valence-corrected chi connectivity index (χ2v) is 5.92. The summed E-state index contributed by atoms with van der Waals surface area (Å²) in [6.07, 6.45) is 0.962. The first-order valence-electron chi connectivity index (χ1n) is 8.13. The maximum atomic E-state index is 11.5. The van der Waals surface area contributed by atoms with Crippen LogP contribution in [-0.4, -0.2) is 66.8 Å². The molecule has 0 aliphatic carbocycles. The van der Waals surface area contributed by atoms with Crippen LogP contribution in [0.3, 0.4) is 0 Å². The van der Waals surface area contributed by atoms with Crippen molar-refractivity contribution in [2.75, 3.05) is 45.9 Å². The Labute approximate surface area is 143 Å². The van der Waals surface area contributed by atoms with Gasteiger partial charge in [-0.1, -0.05) is 30.3 Å². The van der Waals surface area contributed by atoms with Crippen molar-refractivity contribution in [3.05, 3.63) is 35.9 Å². The summed E-state index contributed by atoms with van der Waals surface area (Å²) >= 11 is 5.46. The van der Waals surface area contributed by atoms with E-state index >= 15 is 0 Å². The molecule has 1 aromatic carbocycles. The van der Waals surface area contributed by atoms with Gasteiger partial charge in [-0.25, -0.2) is 0 Å². The van der Waals surface area contributed by atoms with Gasteiger partial charge in [0.2, 0.25) is 0 Å². The highest BCUT2D eigenvalue weighted by Gasteiger charge is 2.20. The second kappa shape index (κ2) is 9.47. The number of benzene rings is 1. The Kier molecular flexibility index (Phi) is 7.29. The minimum atomic E-state index is -0.149. The number of carbonyl (C=O) groups is 1. The van der Waals surface area contributed by atoms with Gasteiger partial charge in [-0.2, -0.15) is 0 Å². The molecule has 5 nitrogen and oxygen atoms in total. The van der Waals surface area contributed by atoms with Crippen LogP contribution in [0, 0.1) is 0 Å². The molecule has 1 saturated heterocycles. The van der Waals surface area contributed by atoms with Gasteiger partial charge in [0.25, 0.3) is 0 Å². The fraction of sp³-hybridized carbons (Fsp3) is 0.529. The smallest absolute Gasteiger partial charge is 0.320 e. The number of nitrogens with one attached hydrogen (secondary N) is 1. The zero-order valence-electron chi connectivity index (χ0n) is 13.7. The summed E-state index contributed by atoms with van der Waals surface area (Å²) in [4.78, 5) is 15.8. The molecule has 0 amide bonds. The molecule has 23 heavy (non-hydrogen) atoms. The average molecular weight is 335 g/mol. The van der Waals surface area contributed by atoms with Crippen LogP contribution in [0.4, 0.5) is 0 Å². The molecule has 0 saturated carbocycles. The molecule has 1 fully saturated rings. The van der Waals surface area contributed by atoms with Gasteiger partial charge in [0, 0.05) is 32.7 Å². The Bertz CT molecular complexity index is 502. The predicted molar refractivity (Wildman–Crippen MR) is 95.4 cm³/mol. The largest absolute Gasteiger partial charge is 0.465 e. The van der Waals surface area contributed by atoms with Crippen LogP contribution in [0.5, 0.6) is 0 Å². The highest BCUT2D eigenvalue weighted by Crippen LogP contribution is 2.03. The standard InChI is InChI=1S/C17H25N3O2S/c1-2-22-16(21)14-19-10-12-20(13-11-19)17(23)18-9-8-15-6-4-3-5-7-15/h3-7H,2,8-14H2,1H3,(H,18,23). The minimum Gasteiger partial charge on any atom is -0.465 e. The first-order chi connectivity index (χ1) is 11.2. The van der Waals surface area contributed by atoms with Crippen molar-refractivity contribution in [3.8, 4) is 0 Å². The summed E-state index contributed by atoms with van der Waals surface area (Å²) < 4.78 is 4.98. The first-order valence-corrected chi connectivity index (χ1v) is 8.54. The zero-order valence-corrected chi connectivity index (χ0v) is 14.5. The van der Waals surface area contributed by atoms with Crippen molar-refractivity contribution in [2.24, 2.45) is 0 Å². The molecular formula is C17H25N3O2S. The molecule has 6 heteroatoms. The van der Waals surface area contributed by atoms with Crippen molar-refractivity contribution < 1.29 is 9.53 Å². The SMILES string of the molecule is CCOC(=O)CN1CCN(C(=S)NCCc2ccccc2)CC1. The number of hydrogen-bond donors (Lipinski definition) is 1. The number of hydrogen-bond acceptors (Lipinski definition) is 4. The lowest BCUT2D eigenvalue weighted by molar-refractivity contribution is -0.144. The van der Waals surface area contributed by atoms with E-state index < -0.39 is 0 Å². The van der Waals surface area contributed by atoms with Crippen LogP contribution in [-0.2, 0) is 16.0 Å². The molecule has 1 aliphatic rings. The van der Waals surface area contributed by atoms with Crippen molar-refractivity contribution in [3.63, 3.8) is 0 Å². The Balaban J connectivity index is 1.64. The van der Waals surface area contributed by atoms with Crippen LogP contribution >= 0.6 is 12.2 Å². The van der Waals surface area contributed by atoms with Gasteiger partial charge < -0.3 is 15.0 Å². The quantitative estimate of drug-likeness (QED) is 0.624. The molecule has 126 valence electrons. The third kappa shape index (κ3) is 6.15. The summed E-state index contributed by atoms with van der Waals surface area (Å²) in [7, 11) is 0. The molecular weight excluding hydrogens is 310 g/mol. The fourth-order valence-electron chi connectivity index (χ4n) is 2.57. The van der Waals surface area contributed by atoms with Crippen LogP contribution in [0.25, 0.3) is 0 Å². The van der Waals surface area contributed by atoms with Gasteiger partial charge in [0.05, 0.1) is 13.2 Å². The zero-order chi connectivity index (χ0) is 16.5. The molecule has 1 N–H and O–H groups in total. The Hall–Kier alpha value is -1.66. The number of ether oxygens (including phenoxy) is 1. The minimum absolute atomic E-state index is 0.149. The Morgan fingerprint density at radius 1 is 1.22 bits per heavy atom. The van der Waals surface area contributed by atoms with Crippen molar-refractivity contribution >= 4 is 23.3 Å². The van der Waals surface area contributed by atoms with E-state index in [2.05, 4.69) is 39.4 Å². The van der Waals surface area contributed by atoms with E-state index in [9.17, 15) is 4.79 Å². The fourth-order valence-corrected chi connectivity index (χ4v) is 2.85. The lowest BCUT2D eigenvalue weighted by Gasteiger charge is -2.35. The second-order valence-electron chi connectivity index (χ2n) is 5.54. The maximum absolute atomic E-state index is 11.5. The molecule has 2 rings (SSSR count). The number of thiocarbonyl (C=S) groups is 1. The molecule has 1 aromatic rings. The molecule has 1 heterocycles. The molecule has 0 bridgehead atoms. The van der Waals surface area contributed by atoms with Crippen molar-refractivity contribution in [1.29, 1.82) is 0 Å². The topological polar surface area (TPSA) is 44.8 Å². The average Bonchev–Trinajstić information content (AvgIpc) is 2.56. The third-order valence-electron chi connectivity index (χ3n) is 3.85. The summed E-state index contributed by atoms with van der Waals surface area (Å²) in [6.45, 7) is 6.83. The first kappa shape index (κ1) is 17.7. The number of esters is 1. The molecule has 0 atom stereocenters. The van der Waals surface area contributed by atoms with E-state index in [1.54, 1.807) is 0 Å². The van der Waals surface area contributed by atoms with Gasteiger partial charge in [-0.15, -0.1) is 0 Å². The van der Waals surface area contributed by atoms with E-state index in [4.69, 9.17) is 17.0 Å². The van der Waals surface area contributed by atoms with Crippen LogP contribution in [0.15, 0.2) is 30.3 Å². The number of carbonyl (C=O) groups excluding carboxylic acids is 1. The lowest BCUT2D eigenvalue weighted by Crippen LogP contribution is -2.52. The summed E-state index contributed by atoms with van der Waals surface area (Å²) in [6, 6.07) is 10.4. The van der Waals surface area contributed by atoms with Crippen LogP contribution in [0.2, 0.25) is 0 Å². The molecule has 1 aliphatic heterocycles. The van der Waals surface area contributed by atoms with Gasteiger partial charge in [-0.3, -0.25) is 9.69 Å².